The molecule has 214 valence electrons. The number of rotatable bonds is 11. The summed E-state index contributed by atoms with van der Waals surface area (Å²) in [5, 5.41) is 2.86. The van der Waals surface area contributed by atoms with Gasteiger partial charge in [-0.15, -0.1) is 0 Å². The molecule has 0 bridgehead atoms. The van der Waals surface area contributed by atoms with E-state index in [0.717, 1.165) is 16.1 Å². The van der Waals surface area contributed by atoms with E-state index in [1.165, 1.54) is 29.2 Å². The minimum atomic E-state index is -3.87. The fraction of sp³-hybridized carbons (Fsp3) is 0.333. The van der Waals surface area contributed by atoms with E-state index in [1.807, 2.05) is 51.1 Å². The molecule has 2 amide bonds. The van der Waals surface area contributed by atoms with E-state index >= 15 is 0 Å². The van der Waals surface area contributed by atoms with Crippen molar-refractivity contribution >= 4 is 27.5 Å². The van der Waals surface area contributed by atoms with E-state index in [4.69, 9.17) is 4.74 Å². The third-order valence-electron chi connectivity index (χ3n) is 5.98. The normalized spacial score (nSPS) is 12.3. The van der Waals surface area contributed by atoms with Gasteiger partial charge in [0, 0.05) is 12.1 Å². The molecule has 10 heteroatoms. The first-order chi connectivity index (χ1) is 18.7. The third-order valence-corrected chi connectivity index (χ3v) is 7.12. The van der Waals surface area contributed by atoms with E-state index in [9.17, 15) is 22.4 Å². The lowest BCUT2D eigenvalue weighted by molar-refractivity contribution is -0.140. The van der Waals surface area contributed by atoms with Crippen LogP contribution in [0.4, 0.5) is 10.1 Å². The average Bonchev–Trinajstić information content (AvgIpc) is 2.89. The number of carbonyl (C=O) groups excluding carboxylic acids is 2. The molecule has 40 heavy (non-hydrogen) atoms. The Morgan fingerprint density at radius 3 is 2.08 bits per heavy atom. The molecule has 0 heterocycles. The summed E-state index contributed by atoms with van der Waals surface area (Å²) in [6.07, 6.45) is 1.01. The molecule has 0 fully saturated rings. The lowest BCUT2D eigenvalue weighted by Crippen LogP contribution is -2.54. The van der Waals surface area contributed by atoms with E-state index < -0.39 is 45.8 Å². The summed E-state index contributed by atoms with van der Waals surface area (Å²) in [5.74, 6) is -0.873. The number of hydrogen-bond donors (Lipinski definition) is 1. The highest BCUT2D eigenvalue weighted by Gasteiger charge is 2.31. The highest BCUT2D eigenvalue weighted by atomic mass is 32.2. The Morgan fingerprint density at radius 2 is 1.52 bits per heavy atom. The monoisotopic (exact) mass is 569 g/mol. The summed E-state index contributed by atoms with van der Waals surface area (Å²) in [6.45, 7) is 6.85. The van der Waals surface area contributed by atoms with Crippen molar-refractivity contribution < 1.29 is 27.1 Å². The van der Waals surface area contributed by atoms with Crippen molar-refractivity contribution in [3.63, 3.8) is 0 Å². The number of carbonyl (C=O) groups is 2. The molecule has 1 N–H and O–H groups in total. The second-order valence-electron chi connectivity index (χ2n) is 10.6. The van der Waals surface area contributed by atoms with Crippen molar-refractivity contribution in [1.29, 1.82) is 0 Å². The molecule has 0 aliphatic heterocycles. The first-order valence-electron chi connectivity index (χ1n) is 12.8. The van der Waals surface area contributed by atoms with Gasteiger partial charge in [-0.25, -0.2) is 12.8 Å². The van der Waals surface area contributed by atoms with Crippen LogP contribution in [0.3, 0.4) is 0 Å². The number of amides is 2. The van der Waals surface area contributed by atoms with Crippen LogP contribution in [0.5, 0.6) is 5.75 Å². The van der Waals surface area contributed by atoms with Gasteiger partial charge >= 0.3 is 0 Å². The number of halogens is 1. The maximum Gasteiger partial charge on any atom is 0.244 e. The molecule has 3 aromatic carbocycles. The van der Waals surface area contributed by atoms with Gasteiger partial charge in [0.1, 0.15) is 30.8 Å². The highest BCUT2D eigenvalue weighted by molar-refractivity contribution is 7.92. The van der Waals surface area contributed by atoms with Crippen LogP contribution in [-0.2, 0) is 32.8 Å². The maximum atomic E-state index is 13.6. The van der Waals surface area contributed by atoms with Crippen LogP contribution in [0, 0.1) is 5.82 Å². The van der Waals surface area contributed by atoms with Crippen LogP contribution in [-0.4, -0.2) is 49.5 Å². The number of ether oxygens (including phenoxy) is 1. The largest absolute Gasteiger partial charge is 0.489 e. The maximum absolute atomic E-state index is 13.6. The van der Waals surface area contributed by atoms with Crippen molar-refractivity contribution in [1.82, 2.24) is 10.2 Å². The molecular weight excluding hydrogens is 533 g/mol. The van der Waals surface area contributed by atoms with Gasteiger partial charge < -0.3 is 15.0 Å². The lowest BCUT2D eigenvalue weighted by atomic mass is 10.1. The van der Waals surface area contributed by atoms with E-state index in [1.54, 1.807) is 31.2 Å². The van der Waals surface area contributed by atoms with E-state index in [0.29, 0.717) is 17.9 Å². The first-order valence-corrected chi connectivity index (χ1v) is 14.7. The van der Waals surface area contributed by atoms with Gasteiger partial charge in [-0.05, 0) is 75.2 Å². The molecule has 3 aromatic rings. The molecule has 0 radical (unpaired) electrons. The summed E-state index contributed by atoms with van der Waals surface area (Å²) in [5.41, 5.74) is 1.31. The summed E-state index contributed by atoms with van der Waals surface area (Å²) in [7, 11) is -3.87. The predicted molar refractivity (Wildman–Crippen MR) is 154 cm³/mol. The van der Waals surface area contributed by atoms with Gasteiger partial charge in [-0.1, -0.05) is 42.5 Å². The number of hydrogen-bond acceptors (Lipinski definition) is 5. The highest BCUT2D eigenvalue weighted by Crippen LogP contribution is 2.23. The van der Waals surface area contributed by atoms with Crippen LogP contribution in [0.1, 0.15) is 38.8 Å². The fourth-order valence-corrected chi connectivity index (χ4v) is 4.76. The van der Waals surface area contributed by atoms with Crippen LogP contribution in [0.25, 0.3) is 0 Å². The van der Waals surface area contributed by atoms with Crippen molar-refractivity contribution in [2.45, 2.75) is 52.4 Å². The first kappa shape index (κ1) is 30.6. The van der Waals surface area contributed by atoms with Crippen LogP contribution >= 0.6 is 0 Å². The zero-order chi connectivity index (χ0) is 29.5. The molecule has 0 aliphatic rings. The van der Waals surface area contributed by atoms with Crippen molar-refractivity contribution in [3.05, 3.63) is 95.8 Å². The number of nitrogens with one attached hydrogen (secondary N) is 1. The lowest BCUT2D eigenvalue weighted by Gasteiger charge is -2.33. The summed E-state index contributed by atoms with van der Waals surface area (Å²) >= 11 is 0. The molecule has 0 saturated carbocycles. The number of sulfonamides is 1. The van der Waals surface area contributed by atoms with Crippen molar-refractivity contribution in [2.75, 3.05) is 17.1 Å². The second-order valence-corrected chi connectivity index (χ2v) is 12.5. The Balaban J connectivity index is 1.83. The van der Waals surface area contributed by atoms with Gasteiger partial charge in [0.05, 0.1) is 11.9 Å². The van der Waals surface area contributed by atoms with Gasteiger partial charge in [0.2, 0.25) is 21.8 Å². The molecule has 0 aromatic heterocycles. The third kappa shape index (κ3) is 9.08. The zero-order valence-electron chi connectivity index (χ0n) is 23.4. The van der Waals surface area contributed by atoms with E-state index in [2.05, 4.69) is 5.32 Å². The minimum absolute atomic E-state index is 0.0122. The minimum Gasteiger partial charge on any atom is -0.489 e. The number of anilines is 1. The Labute approximate surface area is 235 Å². The predicted octanol–water partition coefficient (Wildman–Crippen LogP) is 4.50. The van der Waals surface area contributed by atoms with Gasteiger partial charge in [-0.3, -0.25) is 13.9 Å². The Hall–Kier alpha value is -3.92. The summed E-state index contributed by atoms with van der Waals surface area (Å²) < 4.78 is 45.8. The zero-order valence-corrected chi connectivity index (χ0v) is 24.2. The van der Waals surface area contributed by atoms with Crippen molar-refractivity contribution in [2.24, 2.45) is 0 Å². The fourth-order valence-electron chi connectivity index (χ4n) is 3.91. The molecule has 8 nitrogen and oxygen atoms in total. The molecule has 0 spiro atoms. The molecule has 0 saturated heterocycles. The molecule has 3 rings (SSSR count). The molecule has 1 atom stereocenters. The smallest absolute Gasteiger partial charge is 0.244 e. The Kier molecular flexibility index (Phi) is 9.92. The van der Waals surface area contributed by atoms with Gasteiger partial charge in [-0.2, -0.15) is 0 Å². The van der Waals surface area contributed by atoms with E-state index in [-0.39, 0.29) is 12.2 Å². The average molecular weight is 570 g/mol. The van der Waals surface area contributed by atoms with Gasteiger partial charge in [0.15, 0.2) is 0 Å². The second kappa shape index (κ2) is 13.0. The number of nitrogens with zero attached hydrogens (tertiary/aromatic N) is 2. The van der Waals surface area contributed by atoms with Crippen molar-refractivity contribution in [3.8, 4) is 5.75 Å². The quantitative estimate of drug-likeness (QED) is 0.367. The Morgan fingerprint density at radius 1 is 0.925 bits per heavy atom. The Bertz CT molecular complexity index is 1390. The topological polar surface area (TPSA) is 96.0 Å². The summed E-state index contributed by atoms with van der Waals surface area (Å²) in [4.78, 5) is 27.9. The number of benzene rings is 3. The molecule has 0 aliphatic carbocycles. The van der Waals surface area contributed by atoms with Crippen LogP contribution in [0.15, 0.2) is 78.9 Å². The van der Waals surface area contributed by atoms with Crippen LogP contribution < -0.4 is 14.4 Å². The van der Waals surface area contributed by atoms with Gasteiger partial charge in [0.25, 0.3) is 0 Å². The molecule has 0 unspecified atom stereocenters. The summed E-state index contributed by atoms with van der Waals surface area (Å²) in [6, 6.07) is 20.7. The molecular formula is C30H36FN3O5S. The standard InChI is InChI=1S/C30H36FN3O5S/c1-22(29(36)32-30(2,3)4)33(19-23-11-13-25(31)14-12-23)28(35)20-34(40(5,37)38)26-15-17-27(18-16-26)39-21-24-9-7-6-8-10-24/h6-18,22H,19-21H2,1-5H3,(H,32,36)/t22-/m0/s1. The SMILES string of the molecule is C[C@@H](C(=O)NC(C)(C)C)N(Cc1ccc(F)cc1)C(=O)CN(c1ccc(OCc2ccccc2)cc1)S(C)(=O)=O. The van der Waals surface area contributed by atoms with Crippen LogP contribution in [0.2, 0.25) is 0 Å².